The molecular formula is C21H30N4O5. The van der Waals surface area contributed by atoms with E-state index in [-0.39, 0.29) is 17.9 Å². The second-order valence-electron chi connectivity index (χ2n) is 7.24. The fourth-order valence-corrected chi connectivity index (χ4v) is 3.52. The van der Waals surface area contributed by atoms with Crippen LogP contribution in [0.4, 0.5) is 5.69 Å². The van der Waals surface area contributed by atoms with Crippen molar-refractivity contribution in [2.45, 2.75) is 25.0 Å². The van der Waals surface area contributed by atoms with Crippen LogP contribution in [0.3, 0.4) is 0 Å². The summed E-state index contributed by atoms with van der Waals surface area (Å²) < 4.78 is 21.9. The first-order valence-electron chi connectivity index (χ1n) is 10.1. The van der Waals surface area contributed by atoms with Gasteiger partial charge in [0, 0.05) is 38.9 Å². The Bertz CT molecular complexity index is 826. The van der Waals surface area contributed by atoms with Crippen LogP contribution < -0.4 is 10.6 Å². The van der Waals surface area contributed by atoms with Crippen molar-refractivity contribution in [2.75, 3.05) is 58.6 Å². The number of methoxy groups -OCH3 is 2. The number of carbonyl (C=O) groups is 1. The average molecular weight is 418 g/mol. The zero-order chi connectivity index (χ0) is 21.3. The predicted molar refractivity (Wildman–Crippen MR) is 113 cm³/mol. The van der Waals surface area contributed by atoms with Crippen molar-refractivity contribution in [1.29, 1.82) is 0 Å². The van der Waals surface area contributed by atoms with E-state index in [1.807, 2.05) is 6.07 Å². The number of rotatable bonds is 11. The lowest BCUT2D eigenvalue weighted by Crippen LogP contribution is -2.37. The van der Waals surface area contributed by atoms with Gasteiger partial charge in [0.25, 0.3) is 5.91 Å². The summed E-state index contributed by atoms with van der Waals surface area (Å²) in [5.41, 5.74) is 7.31. The van der Waals surface area contributed by atoms with Crippen LogP contribution in [0.15, 0.2) is 24.5 Å². The number of nitrogens with zero attached hydrogens (tertiary/aromatic N) is 3. The van der Waals surface area contributed by atoms with Gasteiger partial charge in [0.2, 0.25) is 0 Å². The average Bonchev–Trinajstić information content (AvgIpc) is 2.77. The van der Waals surface area contributed by atoms with E-state index >= 15 is 0 Å². The Balaban J connectivity index is 1.48. The largest absolute Gasteiger partial charge is 0.382 e. The molecule has 1 aliphatic rings. The van der Waals surface area contributed by atoms with Gasteiger partial charge in [-0.15, -0.1) is 0 Å². The SMILES string of the molecule is COCC(COCCOC1CCN(c2cncc3ccc(C(N)=O)nc23)CC1)OC. The lowest BCUT2D eigenvalue weighted by molar-refractivity contribution is -0.0526. The molecule has 1 atom stereocenters. The second-order valence-corrected chi connectivity index (χ2v) is 7.24. The number of carbonyl (C=O) groups excluding carboxylic acids is 1. The lowest BCUT2D eigenvalue weighted by Gasteiger charge is -2.33. The molecule has 0 aliphatic carbocycles. The molecule has 1 unspecified atom stereocenters. The fourth-order valence-electron chi connectivity index (χ4n) is 3.52. The third kappa shape index (κ3) is 5.85. The Labute approximate surface area is 176 Å². The van der Waals surface area contributed by atoms with E-state index in [4.69, 9.17) is 24.7 Å². The quantitative estimate of drug-likeness (QED) is 0.546. The molecule has 0 spiro atoms. The smallest absolute Gasteiger partial charge is 0.267 e. The lowest BCUT2D eigenvalue weighted by atomic mass is 10.1. The molecule has 9 heteroatoms. The number of aromatic nitrogens is 2. The van der Waals surface area contributed by atoms with Crippen molar-refractivity contribution in [2.24, 2.45) is 5.73 Å². The highest BCUT2D eigenvalue weighted by atomic mass is 16.6. The number of hydrogen-bond acceptors (Lipinski definition) is 8. The van der Waals surface area contributed by atoms with Crippen LogP contribution in [0.1, 0.15) is 23.3 Å². The van der Waals surface area contributed by atoms with Gasteiger partial charge in [-0.25, -0.2) is 4.98 Å². The molecule has 3 heterocycles. The van der Waals surface area contributed by atoms with Crippen LogP contribution in [0, 0.1) is 0 Å². The van der Waals surface area contributed by atoms with Crippen LogP contribution >= 0.6 is 0 Å². The van der Waals surface area contributed by atoms with Crippen molar-refractivity contribution >= 4 is 22.5 Å². The number of anilines is 1. The third-order valence-corrected chi connectivity index (χ3v) is 5.19. The summed E-state index contributed by atoms with van der Waals surface area (Å²) in [4.78, 5) is 22.5. The summed E-state index contributed by atoms with van der Waals surface area (Å²) in [5, 5.41) is 0.885. The van der Waals surface area contributed by atoms with E-state index in [1.54, 1.807) is 32.7 Å². The van der Waals surface area contributed by atoms with E-state index in [0.717, 1.165) is 42.5 Å². The third-order valence-electron chi connectivity index (χ3n) is 5.19. The standard InChI is InChI=1S/C21H30N4O5/c1-27-13-17(28-2)14-29-9-10-30-16-5-7-25(8-6-16)19-12-23-11-15-3-4-18(21(22)26)24-20(15)19/h3-4,11-12,16-17H,5-10,13-14H2,1-2H3,(H2,22,26). The zero-order valence-electron chi connectivity index (χ0n) is 17.6. The molecule has 0 bridgehead atoms. The molecule has 1 amide bonds. The number of ether oxygens (including phenoxy) is 4. The number of piperidine rings is 1. The molecule has 1 saturated heterocycles. The van der Waals surface area contributed by atoms with Crippen LogP contribution in [0.5, 0.6) is 0 Å². The topological polar surface area (TPSA) is 109 Å². The summed E-state index contributed by atoms with van der Waals surface area (Å²) in [5.74, 6) is -0.534. The molecule has 2 aromatic heterocycles. The van der Waals surface area contributed by atoms with Crippen LogP contribution in [-0.2, 0) is 18.9 Å². The molecule has 0 radical (unpaired) electrons. The Morgan fingerprint density at radius 3 is 2.70 bits per heavy atom. The molecule has 9 nitrogen and oxygen atoms in total. The first-order valence-corrected chi connectivity index (χ1v) is 10.1. The van der Waals surface area contributed by atoms with Gasteiger partial charge < -0.3 is 29.6 Å². The molecule has 1 aliphatic heterocycles. The number of hydrogen-bond donors (Lipinski definition) is 1. The molecule has 0 saturated carbocycles. The summed E-state index contributed by atoms with van der Waals surface area (Å²) in [6.07, 6.45) is 5.47. The molecule has 0 aromatic carbocycles. The summed E-state index contributed by atoms with van der Waals surface area (Å²) in [6.45, 7) is 3.72. The highest BCUT2D eigenvalue weighted by Gasteiger charge is 2.22. The first kappa shape index (κ1) is 22.4. The molecule has 164 valence electrons. The normalized spacial score (nSPS) is 16.1. The van der Waals surface area contributed by atoms with Crippen molar-refractivity contribution in [3.05, 3.63) is 30.2 Å². The second kappa shape index (κ2) is 11.2. The maximum atomic E-state index is 11.5. The van der Waals surface area contributed by atoms with Crippen LogP contribution in [0.2, 0.25) is 0 Å². The van der Waals surface area contributed by atoms with E-state index in [9.17, 15) is 4.79 Å². The van der Waals surface area contributed by atoms with Gasteiger partial charge in [-0.2, -0.15) is 0 Å². The minimum atomic E-state index is -0.534. The highest BCUT2D eigenvalue weighted by molar-refractivity contribution is 5.96. The van der Waals surface area contributed by atoms with E-state index < -0.39 is 5.91 Å². The molecule has 3 rings (SSSR count). The Morgan fingerprint density at radius 1 is 1.20 bits per heavy atom. The summed E-state index contributed by atoms with van der Waals surface area (Å²) >= 11 is 0. The van der Waals surface area contributed by atoms with Crippen LogP contribution in [0.25, 0.3) is 10.9 Å². The van der Waals surface area contributed by atoms with E-state index in [1.165, 1.54) is 0 Å². The maximum absolute atomic E-state index is 11.5. The van der Waals surface area contributed by atoms with Crippen molar-refractivity contribution in [3.8, 4) is 0 Å². The highest BCUT2D eigenvalue weighted by Crippen LogP contribution is 2.27. The van der Waals surface area contributed by atoms with Gasteiger partial charge in [-0.1, -0.05) is 0 Å². The number of fused-ring (bicyclic) bond motifs is 1. The Hall–Kier alpha value is -2.33. The molecule has 1 fully saturated rings. The zero-order valence-corrected chi connectivity index (χ0v) is 17.6. The van der Waals surface area contributed by atoms with Gasteiger partial charge in [0.1, 0.15) is 11.8 Å². The maximum Gasteiger partial charge on any atom is 0.267 e. The summed E-state index contributed by atoms with van der Waals surface area (Å²) in [6, 6.07) is 3.46. The molecule has 2 N–H and O–H groups in total. The number of nitrogens with two attached hydrogens (primary N) is 1. The number of primary amides is 1. The summed E-state index contributed by atoms with van der Waals surface area (Å²) in [7, 11) is 3.29. The fraction of sp³-hybridized carbons (Fsp3) is 0.571. The van der Waals surface area contributed by atoms with Crippen molar-refractivity contribution in [1.82, 2.24) is 9.97 Å². The van der Waals surface area contributed by atoms with Gasteiger partial charge in [-0.05, 0) is 25.0 Å². The first-order chi connectivity index (χ1) is 14.6. The van der Waals surface area contributed by atoms with Gasteiger partial charge in [0.05, 0.1) is 49.9 Å². The van der Waals surface area contributed by atoms with Crippen LogP contribution in [-0.4, -0.2) is 81.8 Å². The van der Waals surface area contributed by atoms with Gasteiger partial charge >= 0.3 is 0 Å². The van der Waals surface area contributed by atoms with Crippen molar-refractivity contribution < 1.29 is 23.7 Å². The minimum Gasteiger partial charge on any atom is -0.382 e. The van der Waals surface area contributed by atoms with Gasteiger partial charge in [-0.3, -0.25) is 9.78 Å². The molecular weight excluding hydrogens is 388 g/mol. The molecule has 30 heavy (non-hydrogen) atoms. The Morgan fingerprint density at radius 2 is 2.00 bits per heavy atom. The predicted octanol–water partition coefficient (Wildman–Crippen LogP) is 1.39. The molecule has 2 aromatic rings. The number of pyridine rings is 2. The van der Waals surface area contributed by atoms with E-state index in [2.05, 4.69) is 14.9 Å². The minimum absolute atomic E-state index is 0.0590. The Kier molecular flexibility index (Phi) is 8.32. The monoisotopic (exact) mass is 418 g/mol. The van der Waals surface area contributed by atoms with Crippen molar-refractivity contribution in [3.63, 3.8) is 0 Å². The number of amides is 1. The van der Waals surface area contributed by atoms with Gasteiger partial charge in [0.15, 0.2) is 0 Å². The van der Waals surface area contributed by atoms with E-state index in [0.29, 0.717) is 26.4 Å².